The third kappa shape index (κ3) is 3.58. The maximum absolute atomic E-state index is 10.2. The van der Waals surface area contributed by atoms with E-state index in [4.69, 9.17) is 0 Å². The molecule has 1 atom stereocenters. The van der Waals surface area contributed by atoms with Gasteiger partial charge in [0, 0.05) is 12.2 Å². The first-order chi connectivity index (χ1) is 9.06. The molecule has 1 unspecified atom stereocenters. The lowest BCUT2D eigenvalue weighted by Crippen LogP contribution is -2.12. The number of rotatable bonds is 4. The minimum Gasteiger partial charge on any atom is -0.387 e. The molecule has 0 saturated carbocycles. The minimum absolute atomic E-state index is 0.485. The summed E-state index contributed by atoms with van der Waals surface area (Å²) < 4.78 is 0. The lowest BCUT2D eigenvalue weighted by Gasteiger charge is -2.14. The second-order valence-corrected chi connectivity index (χ2v) is 5.11. The van der Waals surface area contributed by atoms with E-state index in [0.717, 1.165) is 11.3 Å². The number of aryl methyl sites for hydroxylation is 3. The lowest BCUT2D eigenvalue weighted by atomic mass is 10.1. The zero-order chi connectivity index (χ0) is 13.8. The number of anilines is 1. The molecule has 0 aliphatic heterocycles. The van der Waals surface area contributed by atoms with Gasteiger partial charge in [-0.3, -0.25) is 0 Å². The Labute approximate surface area is 115 Å². The van der Waals surface area contributed by atoms with Crippen molar-refractivity contribution in [3.05, 3.63) is 64.7 Å². The van der Waals surface area contributed by atoms with Crippen molar-refractivity contribution in [2.75, 3.05) is 11.9 Å². The summed E-state index contributed by atoms with van der Waals surface area (Å²) in [5.74, 6) is 0. The van der Waals surface area contributed by atoms with Gasteiger partial charge in [0.25, 0.3) is 0 Å². The van der Waals surface area contributed by atoms with Gasteiger partial charge in [-0.05, 0) is 49.6 Å². The Morgan fingerprint density at radius 2 is 1.79 bits per heavy atom. The molecule has 2 rings (SSSR count). The van der Waals surface area contributed by atoms with E-state index in [2.05, 4.69) is 31.3 Å². The highest BCUT2D eigenvalue weighted by molar-refractivity contribution is 5.48. The van der Waals surface area contributed by atoms with Crippen molar-refractivity contribution in [1.82, 2.24) is 0 Å². The van der Waals surface area contributed by atoms with Gasteiger partial charge >= 0.3 is 0 Å². The maximum Gasteiger partial charge on any atom is 0.0962 e. The first kappa shape index (κ1) is 13.6. The van der Waals surface area contributed by atoms with Gasteiger partial charge in [0.1, 0.15) is 0 Å². The number of hydrogen-bond acceptors (Lipinski definition) is 2. The third-order valence-corrected chi connectivity index (χ3v) is 3.43. The van der Waals surface area contributed by atoms with Gasteiger partial charge in [-0.2, -0.15) is 0 Å². The van der Waals surface area contributed by atoms with Gasteiger partial charge in [-0.25, -0.2) is 0 Å². The predicted molar refractivity (Wildman–Crippen MR) is 80.5 cm³/mol. The Balaban J connectivity index is 2.00. The van der Waals surface area contributed by atoms with E-state index < -0.39 is 6.10 Å². The third-order valence-electron chi connectivity index (χ3n) is 3.43. The van der Waals surface area contributed by atoms with Gasteiger partial charge in [-0.1, -0.05) is 35.9 Å². The number of benzene rings is 2. The first-order valence-electron chi connectivity index (χ1n) is 6.62. The standard InChI is InChI=1S/C17H21NO/c1-12-5-4-6-15(9-12)17(19)11-18-16-8-7-13(2)14(3)10-16/h4-10,17-19H,11H2,1-3H3. The molecular formula is C17H21NO. The van der Waals surface area contributed by atoms with Crippen molar-refractivity contribution in [2.24, 2.45) is 0 Å². The predicted octanol–water partition coefficient (Wildman–Crippen LogP) is 3.76. The summed E-state index contributed by atoms with van der Waals surface area (Å²) in [6, 6.07) is 14.2. The molecule has 0 saturated heterocycles. The van der Waals surface area contributed by atoms with Crippen LogP contribution in [0.5, 0.6) is 0 Å². The van der Waals surface area contributed by atoms with Crippen LogP contribution in [0.3, 0.4) is 0 Å². The molecule has 100 valence electrons. The van der Waals surface area contributed by atoms with Crippen molar-refractivity contribution in [3.8, 4) is 0 Å². The molecule has 0 fully saturated rings. The number of hydrogen-bond donors (Lipinski definition) is 2. The second kappa shape index (κ2) is 5.89. The van der Waals surface area contributed by atoms with Gasteiger partial charge in [-0.15, -0.1) is 0 Å². The van der Waals surface area contributed by atoms with Gasteiger partial charge < -0.3 is 10.4 Å². The summed E-state index contributed by atoms with van der Waals surface area (Å²) in [6.07, 6.45) is -0.485. The Kier molecular flexibility index (Phi) is 4.23. The lowest BCUT2D eigenvalue weighted by molar-refractivity contribution is 0.191. The highest BCUT2D eigenvalue weighted by Crippen LogP contribution is 2.18. The summed E-state index contributed by atoms with van der Waals surface area (Å²) in [7, 11) is 0. The molecule has 0 bridgehead atoms. The Morgan fingerprint density at radius 1 is 1.00 bits per heavy atom. The average molecular weight is 255 g/mol. The second-order valence-electron chi connectivity index (χ2n) is 5.11. The number of aliphatic hydroxyl groups excluding tert-OH is 1. The zero-order valence-electron chi connectivity index (χ0n) is 11.8. The number of nitrogens with one attached hydrogen (secondary N) is 1. The molecule has 2 aromatic rings. The highest BCUT2D eigenvalue weighted by atomic mass is 16.3. The zero-order valence-corrected chi connectivity index (χ0v) is 11.8. The van der Waals surface area contributed by atoms with Gasteiger partial charge in [0.2, 0.25) is 0 Å². The quantitative estimate of drug-likeness (QED) is 0.872. The summed E-state index contributed by atoms with van der Waals surface area (Å²) in [5.41, 5.74) is 5.72. The molecule has 0 aliphatic rings. The van der Waals surface area contributed by atoms with E-state index in [0.29, 0.717) is 6.54 Å². The summed E-state index contributed by atoms with van der Waals surface area (Å²) in [5, 5.41) is 13.4. The van der Waals surface area contributed by atoms with Crippen molar-refractivity contribution in [1.29, 1.82) is 0 Å². The van der Waals surface area contributed by atoms with Crippen molar-refractivity contribution < 1.29 is 5.11 Å². The van der Waals surface area contributed by atoms with E-state index in [1.165, 1.54) is 16.7 Å². The summed E-state index contributed by atoms with van der Waals surface area (Å²) >= 11 is 0. The monoisotopic (exact) mass is 255 g/mol. The Hall–Kier alpha value is -1.80. The molecule has 19 heavy (non-hydrogen) atoms. The maximum atomic E-state index is 10.2. The van der Waals surface area contributed by atoms with E-state index in [-0.39, 0.29) is 0 Å². The molecule has 0 heterocycles. The van der Waals surface area contributed by atoms with Crippen molar-refractivity contribution in [3.63, 3.8) is 0 Å². The van der Waals surface area contributed by atoms with Crippen LogP contribution in [0.1, 0.15) is 28.4 Å². The molecule has 2 N–H and O–H groups in total. The van der Waals surface area contributed by atoms with Gasteiger partial charge in [0.05, 0.1) is 6.10 Å². The van der Waals surface area contributed by atoms with Crippen LogP contribution in [0, 0.1) is 20.8 Å². The SMILES string of the molecule is Cc1cccc(C(O)CNc2ccc(C)c(C)c2)c1. The molecular weight excluding hydrogens is 234 g/mol. The first-order valence-corrected chi connectivity index (χ1v) is 6.62. The molecule has 0 spiro atoms. The van der Waals surface area contributed by atoms with Crippen LogP contribution < -0.4 is 5.32 Å². The fraction of sp³-hybridized carbons (Fsp3) is 0.294. The fourth-order valence-electron chi connectivity index (χ4n) is 2.06. The summed E-state index contributed by atoms with van der Waals surface area (Å²) in [6.45, 7) is 6.75. The van der Waals surface area contributed by atoms with Crippen LogP contribution in [0.25, 0.3) is 0 Å². The molecule has 2 heteroatoms. The normalized spacial score (nSPS) is 12.2. The van der Waals surface area contributed by atoms with Crippen LogP contribution >= 0.6 is 0 Å². The Morgan fingerprint density at radius 3 is 2.47 bits per heavy atom. The topological polar surface area (TPSA) is 32.3 Å². The van der Waals surface area contributed by atoms with Crippen molar-refractivity contribution in [2.45, 2.75) is 26.9 Å². The Bertz CT molecular complexity index is 563. The van der Waals surface area contributed by atoms with E-state index >= 15 is 0 Å². The fourth-order valence-corrected chi connectivity index (χ4v) is 2.06. The van der Waals surface area contributed by atoms with Crippen LogP contribution in [0.2, 0.25) is 0 Å². The summed E-state index contributed by atoms with van der Waals surface area (Å²) in [4.78, 5) is 0. The molecule has 0 aromatic heterocycles. The van der Waals surface area contributed by atoms with Crippen LogP contribution in [-0.4, -0.2) is 11.7 Å². The van der Waals surface area contributed by atoms with E-state index in [1.54, 1.807) is 0 Å². The number of aliphatic hydroxyl groups is 1. The molecule has 0 radical (unpaired) electrons. The van der Waals surface area contributed by atoms with E-state index in [9.17, 15) is 5.11 Å². The average Bonchev–Trinajstić information content (AvgIpc) is 2.40. The molecule has 2 nitrogen and oxygen atoms in total. The van der Waals surface area contributed by atoms with Crippen LogP contribution in [0.4, 0.5) is 5.69 Å². The highest BCUT2D eigenvalue weighted by Gasteiger charge is 2.07. The van der Waals surface area contributed by atoms with Gasteiger partial charge in [0.15, 0.2) is 0 Å². The van der Waals surface area contributed by atoms with Crippen molar-refractivity contribution >= 4 is 5.69 Å². The van der Waals surface area contributed by atoms with E-state index in [1.807, 2.05) is 37.3 Å². The molecule has 0 aliphatic carbocycles. The smallest absolute Gasteiger partial charge is 0.0962 e. The molecule has 0 amide bonds. The van der Waals surface area contributed by atoms with Crippen LogP contribution in [0.15, 0.2) is 42.5 Å². The van der Waals surface area contributed by atoms with Crippen LogP contribution in [-0.2, 0) is 0 Å². The molecule has 2 aromatic carbocycles. The minimum atomic E-state index is -0.485. The largest absolute Gasteiger partial charge is 0.387 e.